The molecule has 4 aromatic rings. The summed E-state index contributed by atoms with van der Waals surface area (Å²) in [7, 11) is -8.67. The van der Waals surface area contributed by atoms with E-state index in [9.17, 15) is 22.7 Å². The number of nitrogens with one attached hydrogen (secondary N) is 2. The van der Waals surface area contributed by atoms with Gasteiger partial charge in [-0.3, -0.25) is 23.4 Å². The van der Waals surface area contributed by atoms with Gasteiger partial charge in [0, 0.05) is 13.7 Å². The maximum absolute atomic E-state index is 16.0. The first-order valence-electron chi connectivity index (χ1n) is 13.2. The molecular formula is C20H24FN12O11PS. The Balaban J connectivity index is 1.22. The molecule has 4 aromatic heterocycles. The largest absolute Gasteiger partial charge is 0.472 e. The van der Waals surface area contributed by atoms with Crippen LogP contribution < -0.4 is 21.7 Å². The summed E-state index contributed by atoms with van der Waals surface area (Å²) in [5.41, 5.74) is 10.5. The SMILES string of the molecule is COC1C2COP(=O)(O)OC3C(CNS(=O)(=O)OC1C(n1nnc4c(=O)[nH]c(N)nc41)O2)OC(n1cnc2c(N)ncnc21)C3F. The molecule has 3 aliphatic rings. The van der Waals surface area contributed by atoms with Crippen molar-refractivity contribution in [1.29, 1.82) is 0 Å². The number of methoxy groups -OCH3 is 1. The monoisotopic (exact) mass is 690 g/mol. The second kappa shape index (κ2) is 11.2. The van der Waals surface area contributed by atoms with Crippen LogP contribution in [0.4, 0.5) is 16.2 Å². The van der Waals surface area contributed by atoms with Crippen molar-refractivity contribution in [1.82, 2.24) is 49.2 Å². The van der Waals surface area contributed by atoms with E-state index >= 15 is 4.39 Å². The maximum Gasteiger partial charge on any atom is 0.472 e. The summed E-state index contributed by atoms with van der Waals surface area (Å²) in [5, 5.41) is 7.60. The summed E-state index contributed by atoms with van der Waals surface area (Å²) in [5.74, 6) is -0.298. The Labute approximate surface area is 255 Å². The number of fused-ring (bicyclic) bond motifs is 5. The number of phosphoric ester groups is 1. The van der Waals surface area contributed by atoms with Gasteiger partial charge in [-0.05, 0) is 0 Å². The molecule has 0 amide bonds. The van der Waals surface area contributed by atoms with Crippen molar-refractivity contribution in [3.63, 3.8) is 0 Å². The van der Waals surface area contributed by atoms with Crippen LogP contribution in [0.25, 0.3) is 22.3 Å². The van der Waals surface area contributed by atoms with Gasteiger partial charge in [0.25, 0.3) is 5.56 Å². The number of phosphoric acid groups is 1. The zero-order chi connectivity index (χ0) is 32.5. The lowest BCUT2D eigenvalue weighted by Gasteiger charge is -2.23. The average Bonchev–Trinajstić information content (AvgIpc) is 3.75. The van der Waals surface area contributed by atoms with Crippen molar-refractivity contribution in [2.24, 2.45) is 0 Å². The predicted molar refractivity (Wildman–Crippen MR) is 146 cm³/mol. The third-order valence-corrected chi connectivity index (χ3v) is 9.42. The van der Waals surface area contributed by atoms with Crippen molar-refractivity contribution >= 4 is 52.2 Å². The van der Waals surface area contributed by atoms with Crippen LogP contribution in [-0.2, 0) is 42.3 Å². The van der Waals surface area contributed by atoms with Crippen molar-refractivity contribution in [2.45, 2.75) is 49.1 Å². The molecule has 2 bridgehead atoms. The van der Waals surface area contributed by atoms with E-state index in [2.05, 4.69) is 40.0 Å². The minimum Gasteiger partial charge on any atom is -0.382 e. The van der Waals surface area contributed by atoms with E-state index in [0.29, 0.717) is 0 Å². The van der Waals surface area contributed by atoms with Crippen molar-refractivity contribution < 1.29 is 49.7 Å². The van der Waals surface area contributed by atoms with Crippen molar-refractivity contribution in [2.75, 3.05) is 31.7 Å². The third-order valence-electron chi connectivity index (χ3n) is 7.44. The summed E-state index contributed by atoms with van der Waals surface area (Å²) < 4.78 is 92.8. The summed E-state index contributed by atoms with van der Waals surface area (Å²) >= 11 is 0. The van der Waals surface area contributed by atoms with E-state index in [1.807, 2.05) is 0 Å². The zero-order valence-corrected chi connectivity index (χ0v) is 24.9. The fourth-order valence-electron chi connectivity index (χ4n) is 5.44. The quantitative estimate of drug-likeness (QED) is 0.138. The van der Waals surface area contributed by atoms with Gasteiger partial charge < -0.3 is 30.6 Å². The first-order chi connectivity index (χ1) is 21.9. The number of hydrogen-bond acceptors (Lipinski definition) is 18. The van der Waals surface area contributed by atoms with Crippen LogP contribution in [0.1, 0.15) is 12.5 Å². The number of hydrogen-bond donors (Lipinski definition) is 5. The molecular weight excluding hydrogens is 666 g/mol. The number of nitrogen functional groups attached to an aromatic ring is 2. The van der Waals surface area contributed by atoms with Gasteiger partial charge in [0.2, 0.25) is 5.95 Å². The van der Waals surface area contributed by atoms with Crippen LogP contribution in [0.5, 0.6) is 0 Å². The van der Waals surface area contributed by atoms with Crippen LogP contribution in [0.3, 0.4) is 0 Å². The van der Waals surface area contributed by atoms with Crippen molar-refractivity contribution in [3.8, 4) is 0 Å². The molecule has 23 nitrogen and oxygen atoms in total. The molecule has 3 saturated heterocycles. The highest BCUT2D eigenvalue weighted by atomic mass is 32.2. The Bertz CT molecular complexity index is 2030. The maximum atomic E-state index is 16.0. The van der Waals surface area contributed by atoms with E-state index < -0.39 is 86.0 Å². The normalized spacial score (nSPS) is 35.0. The highest BCUT2D eigenvalue weighted by molar-refractivity contribution is 7.84. The Morgan fingerprint density at radius 3 is 2.70 bits per heavy atom. The van der Waals surface area contributed by atoms with Crippen LogP contribution in [-0.4, -0.2) is 115 Å². The van der Waals surface area contributed by atoms with Gasteiger partial charge in [-0.2, -0.15) is 22.8 Å². The molecule has 46 heavy (non-hydrogen) atoms. The highest BCUT2D eigenvalue weighted by Crippen LogP contribution is 2.50. The molecule has 7 N–H and O–H groups in total. The van der Waals surface area contributed by atoms with Gasteiger partial charge in [0.05, 0.1) is 12.9 Å². The Hall–Kier alpha value is -3.78. The van der Waals surface area contributed by atoms with Gasteiger partial charge in [0.15, 0.2) is 47.4 Å². The third kappa shape index (κ3) is 5.28. The Morgan fingerprint density at radius 2 is 1.91 bits per heavy atom. The number of H-pyrrole nitrogens is 1. The number of rotatable bonds is 3. The first kappa shape index (κ1) is 30.9. The van der Waals surface area contributed by atoms with E-state index in [1.165, 1.54) is 7.11 Å². The summed E-state index contributed by atoms with van der Waals surface area (Å²) in [6, 6.07) is 0. The average molecular weight is 691 g/mol. The van der Waals surface area contributed by atoms with Gasteiger partial charge in [-0.1, -0.05) is 5.21 Å². The number of aromatic amines is 1. The minimum atomic E-state index is -5.11. The summed E-state index contributed by atoms with van der Waals surface area (Å²) in [4.78, 5) is 41.1. The standard InChI is InChI=1S/C20H24FN12O11PS/c1-39-12-7-3-40-45(35,36)43-11-6(41-18(8(11)21)32-5-26-9-14(22)24-4-25-15(9)32)2-27-46(37,38)44-13(12)19(42-7)33-16-10(30-31-33)17(34)29-20(23)28-16/h4-8,11-13,18-19,27H,2-3H2,1H3,(H,35,36)(H2,22,24,25)(H3,23,28,29,34). The van der Waals surface area contributed by atoms with Gasteiger partial charge >= 0.3 is 18.1 Å². The molecule has 7 heterocycles. The van der Waals surface area contributed by atoms with Gasteiger partial charge in [-0.25, -0.2) is 28.1 Å². The number of ether oxygens (including phenoxy) is 3. The minimum absolute atomic E-state index is 0.00332. The molecule has 0 radical (unpaired) electrons. The Morgan fingerprint density at radius 1 is 1.13 bits per heavy atom. The number of halogens is 1. The first-order valence-corrected chi connectivity index (χ1v) is 16.1. The van der Waals surface area contributed by atoms with Crippen LogP contribution >= 0.6 is 7.82 Å². The molecule has 0 saturated carbocycles. The molecule has 3 aliphatic heterocycles. The predicted octanol–water partition coefficient (Wildman–Crippen LogP) is -2.60. The van der Waals surface area contributed by atoms with E-state index in [0.717, 1.165) is 21.9 Å². The fourth-order valence-corrected chi connectivity index (χ4v) is 7.33. The smallest absolute Gasteiger partial charge is 0.382 e. The number of nitrogens with two attached hydrogens (primary N) is 2. The molecule has 7 rings (SSSR count). The molecule has 9 unspecified atom stereocenters. The van der Waals surface area contributed by atoms with E-state index in [-0.39, 0.29) is 34.1 Å². The van der Waals surface area contributed by atoms with Gasteiger partial charge in [0.1, 0.15) is 36.3 Å². The number of anilines is 2. The second-order valence-corrected chi connectivity index (χ2v) is 13.0. The number of imidazole rings is 1. The zero-order valence-electron chi connectivity index (χ0n) is 23.2. The second-order valence-electron chi connectivity index (χ2n) is 10.2. The van der Waals surface area contributed by atoms with E-state index in [4.69, 9.17) is 38.9 Å². The highest BCUT2D eigenvalue weighted by Gasteiger charge is 2.54. The molecule has 3 fully saturated rings. The van der Waals surface area contributed by atoms with Crippen LogP contribution in [0, 0.1) is 0 Å². The topological polar surface area (TPSA) is 311 Å². The molecule has 0 aromatic carbocycles. The number of nitrogens with zero attached hydrogens (tertiary/aromatic N) is 8. The van der Waals surface area contributed by atoms with Crippen LogP contribution in [0.15, 0.2) is 17.4 Å². The molecule has 9 atom stereocenters. The number of aromatic nitrogens is 9. The lowest BCUT2D eigenvalue weighted by atomic mass is 10.1. The lowest BCUT2D eigenvalue weighted by Crippen LogP contribution is -2.44. The molecule has 248 valence electrons. The molecule has 26 heteroatoms. The molecule has 0 spiro atoms. The number of alkyl halides is 1. The van der Waals surface area contributed by atoms with E-state index in [1.54, 1.807) is 0 Å². The summed E-state index contributed by atoms with van der Waals surface area (Å²) in [6.07, 6.45) is -10.5. The summed E-state index contributed by atoms with van der Waals surface area (Å²) in [6.45, 7) is -1.47. The molecule has 0 aliphatic carbocycles. The van der Waals surface area contributed by atoms with Gasteiger partial charge in [-0.15, -0.1) is 5.10 Å². The Kier molecular flexibility index (Phi) is 7.50. The van der Waals surface area contributed by atoms with Crippen LogP contribution in [0.2, 0.25) is 0 Å². The lowest BCUT2D eigenvalue weighted by molar-refractivity contribution is -0.0614. The fraction of sp³-hybridized carbons (Fsp3) is 0.550. The van der Waals surface area contributed by atoms with Crippen molar-refractivity contribution in [3.05, 3.63) is 23.0 Å².